The van der Waals surface area contributed by atoms with E-state index in [4.69, 9.17) is 0 Å². The van der Waals surface area contributed by atoms with Gasteiger partial charge in [0.25, 0.3) is 5.56 Å². The highest BCUT2D eigenvalue weighted by molar-refractivity contribution is 7.89. The molecular weight excluding hydrogens is 412 g/mol. The maximum Gasteiger partial charge on any atom is 0.325 e. The molecule has 30 heavy (non-hydrogen) atoms. The standard InChI is InChI=1S/C19H24N4O6S/c1-12-16(18(26)22-19(27)21-12)30(28,29)23-9-5-8-14(11-23)17(25)20-10-15(24)13-6-3-2-4-7-13/h2-4,6-7,14-15,24H,5,8-11H2,1H3,(H,20,25)(H2,21,22,26,27). The summed E-state index contributed by atoms with van der Waals surface area (Å²) in [5.41, 5.74) is -1.17. The SMILES string of the molecule is Cc1[nH]c(=O)[nH]c(=O)c1S(=O)(=O)N1CCCC(C(=O)NCC(O)c2ccccc2)C1. The summed E-state index contributed by atoms with van der Waals surface area (Å²) in [6.07, 6.45) is 0.0555. The van der Waals surface area contributed by atoms with E-state index in [1.165, 1.54) is 6.92 Å². The van der Waals surface area contributed by atoms with Crippen molar-refractivity contribution in [3.8, 4) is 0 Å². The van der Waals surface area contributed by atoms with Crippen LogP contribution in [0.1, 0.15) is 30.2 Å². The Kier molecular flexibility index (Phi) is 6.54. The molecule has 1 fully saturated rings. The third-order valence-corrected chi connectivity index (χ3v) is 7.10. The van der Waals surface area contributed by atoms with Gasteiger partial charge in [0.15, 0.2) is 4.90 Å². The van der Waals surface area contributed by atoms with Crippen molar-refractivity contribution in [3.05, 3.63) is 62.4 Å². The number of nitrogens with one attached hydrogen (secondary N) is 3. The number of aromatic amines is 2. The lowest BCUT2D eigenvalue weighted by Gasteiger charge is -2.31. The van der Waals surface area contributed by atoms with E-state index in [1.807, 2.05) is 11.1 Å². The summed E-state index contributed by atoms with van der Waals surface area (Å²) in [4.78, 5) is 39.7. The molecule has 0 bridgehead atoms. The molecule has 2 aromatic rings. The second-order valence-corrected chi connectivity index (χ2v) is 9.11. The third-order valence-electron chi connectivity index (χ3n) is 5.08. The molecule has 0 saturated carbocycles. The van der Waals surface area contributed by atoms with Crippen LogP contribution < -0.4 is 16.6 Å². The molecule has 3 rings (SSSR count). The lowest BCUT2D eigenvalue weighted by Crippen LogP contribution is -2.47. The Hall–Kier alpha value is -2.76. The molecule has 1 aliphatic heterocycles. The molecule has 1 aromatic carbocycles. The number of aliphatic hydroxyl groups is 1. The molecular formula is C19H24N4O6S. The fourth-order valence-electron chi connectivity index (χ4n) is 3.54. The minimum Gasteiger partial charge on any atom is -0.387 e. The van der Waals surface area contributed by atoms with E-state index in [-0.39, 0.29) is 31.2 Å². The Bertz CT molecular complexity index is 1130. The first kappa shape index (κ1) is 21.9. The average Bonchev–Trinajstić information content (AvgIpc) is 2.71. The first-order valence-electron chi connectivity index (χ1n) is 9.54. The largest absolute Gasteiger partial charge is 0.387 e. The molecule has 0 radical (unpaired) electrons. The van der Waals surface area contributed by atoms with Crippen LogP contribution in [-0.4, -0.2) is 53.3 Å². The van der Waals surface area contributed by atoms with Gasteiger partial charge in [0, 0.05) is 25.3 Å². The predicted molar refractivity (Wildman–Crippen MR) is 108 cm³/mol. The van der Waals surface area contributed by atoms with Gasteiger partial charge in [-0.2, -0.15) is 4.31 Å². The van der Waals surface area contributed by atoms with Gasteiger partial charge in [0.2, 0.25) is 15.9 Å². The fourth-order valence-corrected chi connectivity index (χ4v) is 5.26. The number of sulfonamides is 1. The molecule has 2 unspecified atom stereocenters. The number of amides is 1. The number of aryl methyl sites for hydroxylation is 1. The summed E-state index contributed by atoms with van der Waals surface area (Å²) in [6, 6.07) is 8.88. The first-order chi connectivity index (χ1) is 14.2. The van der Waals surface area contributed by atoms with Gasteiger partial charge in [-0.05, 0) is 25.3 Å². The number of carbonyl (C=O) groups excluding carboxylic acids is 1. The van der Waals surface area contributed by atoms with Gasteiger partial charge >= 0.3 is 5.69 Å². The molecule has 1 amide bonds. The number of hydrogen-bond donors (Lipinski definition) is 4. The molecule has 0 aliphatic carbocycles. The normalized spacial score (nSPS) is 18.7. The van der Waals surface area contributed by atoms with Crippen LogP contribution in [0.4, 0.5) is 0 Å². The molecule has 11 heteroatoms. The van der Waals surface area contributed by atoms with E-state index in [0.29, 0.717) is 18.4 Å². The molecule has 0 spiro atoms. The van der Waals surface area contributed by atoms with Crippen molar-refractivity contribution in [1.82, 2.24) is 19.6 Å². The Morgan fingerprint density at radius 1 is 1.27 bits per heavy atom. The molecule has 1 aliphatic rings. The highest BCUT2D eigenvalue weighted by Crippen LogP contribution is 2.23. The average molecular weight is 436 g/mol. The highest BCUT2D eigenvalue weighted by atomic mass is 32.2. The summed E-state index contributed by atoms with van der Waals surface area (Å²) in [7, 11) is -4.19. The summed E-state index contributed by atoms with van der Waals surface area (Å²) in [6.45, 7) is 1.41. The Labute approximate surface area is 173 Å². The zero-order valence-electron chi connectivity index (χ0n) is 16.4. The van der Waals surface area contributed by atoms with Gasteiger partial charge in [0.1, 0.15) is 0 Å². The van der Waals surface area contributed by atoms with E-state index in [1.54, 1.807) is 24.3 Å². The van der Waals surface area contributed by atoms with Gasteiger partial charge in [-0.3, -0.25) is 14.6 Å². The minimum absolute atomic E-state index is 0.00476. The van der Waals surface area contributed by atoms with Gasteiger partial charge in [0.05, 0.1) is 12.0 Å². The molecule has 2 heterocycles. The maximum atomic E-state index is 13.0. The van der Waals surface area contributed by atoms with Crippen LogP contribution in [0.15, 0.2) is 44.8 Å². The van der Waals surface area contributed by atoms with E-state index < -0.39 is 38.2 Å². The van der Waals surface area contributed by atoms with Crippen molar-refractivity contribution in [2.45, 2.75) is 30.8 Å². The zero-order chi connectivity index (χ0) is 21.9. The molecule has 10 nitrogen and oxygen atoms in total. The van der Waals surface area contributed by atoms with Gasteiger partial charge in [-0.1, -0.05) is 30.3 Å². The zero-order valence-corrected chi connectivity index (χ0v) is 17.2. The Morgan fingerprint density at radius 3 is 2.63 bits per heavy atom. The van der Waals surface area contributed by atoms with E-state index in [9.17, 15) is 27.9 Å². The highest BCUT2D eigenvalue weighted by Gasteiger charge is 2.36. The van der Waals surface area contributed by atoms with Crippen LogP contribution in [0.25, 0.3) is 0 Å². The molecule has 1 aromatic heterocycles. The van der Waals surface area contributed by atoms with Crippen LogP contribution in [-0.2, 0) is 14.8 Å². The van der Waals surface area contributed by atoms with Gasteiger partial charge in [-0.15, -0.1) is 0 Å². The number of nitrogens with zero attached hydrogens (tertiary/aromatic N) is 1. The minimum atomic E-state index is -4.19. The summed E-state index contributed by atoms with van der Waals surface area (Å²) >= 11 is 0. The Balaban J connectivity index is 1.70. The number of H-pyrrole nitrogens is 2. The van der Waals surface area contributed by atoms with Crippen LogP contribution in [0.5, 0.6) is 0 Å². The maximum absolute atomic E-state index is 13.0. The number of benzene rings is 1. The van der Waals surface area contributed by atoms with Crippen molar-refractivity contribution < 1.29 is 18.3 Å². The number of aliphatic hydroxyl groups excluding tert-OH is 1. The molecule has 4 N–H and O–H groups in total. The fraction of sp³-hybridized carbons (Fsp3) is 0.421. The van der Waals surface area contributed by atoms with E-state index in [0.717, 1.165) is 4.31 Å². The number of hydrogen-bond acceptors (Lipinski definition) is 6. The lowest BCUT2D eigenvalue weighted by atomic mass is 9.98. The predicted octanol–water partition coefficient (Wildman–Crippen LogP) is -0.378. The summed E-state index contributed by atoms with van der Waals surface area (Å²) in [5.74, 6) is -0.976. The van der Waals surface area contributed by atoms with Crippen molar-refractivity contribution in [3.63, 3.8) is 0 Å². The second-order valence-electron chi connectivity index (χ2n) is 7.24. The molecule has 2 atom stereocenters. The van der Waals surface area contributed by atoms with Crippen LogP contribution >= 0.6 is 0 Å². The quantitative estimate of drug-likeness (QED) is 0.484. The summed E-state index contributed by atoms with van der Waals surface area (Å²) < 4.78 is 27.0. The summed E-state index contributed by atoms with van der Waals surface area (Å²) in [5, 5.41) is 12.9. The van der Waals surface area contributed by atoms with Crippen LogP contribution in [0, 0.1) is 12.8 Å². The first-order valence-corrected chi connectivity index (χ1v) is 11.0. The Morgan fingerprint density at radius 2 is 1.97 bits per heavy atom. The number of rotatable bonds is 6. The third kappa shape index (κ3) is 4.69. The van der Waals surface area contributed by atoms with E-state index >= 15 is 0 Å². The van der Waals surface area contributed by atoms with Crippen molar-refractivity contribution in [1.29, 1.82) is 0 Å². The van der Waals surface area contributed by atoms with Crippen molar-refractivity contribution >= 4 is 15.9 Å². The lowest BCUT2D eigenvalue weighted by molar-refractivity contribution is -0.126. The molecule has 162 valence electrons. The number of aromatic nitrogens is 2. The monoisotopic (exact) mass is 436 g/mol. The van der Waals surface area contributed by atoms with Crippen LogP contribution in [0.2, 0.25) is 0 Å². The molecule has 1 saturated heterocycles. The van der Waals surface area contributed by atoms with Gasteiger partial charge in [-0.25, -0.2) is 13.2 Å². The topological polar surface area (TPSA) is 152 Å². The number of carbonyl (C=O) groups is 1. The van der Waals surface area contributed by atoms with Crippen LogP contribution in [0.3, 0.4) is 0 Å². The smallest absolute Gasteiger partial charge is 0.325 e. The van der Waals surface area contributed by atoms with E-state index in [2.05, 4.69) is 10.3 Å². The van der Waals surface area contributed by atoms with Gasteiger partial charge < -0.3 is 15.4 Å². The number of piperidine rings is 1. The van der Waals surface area contributed by atoms with Crippen molar-refractivity contribution in [2.24, 2.45) is 5.92 Å². The van der Waals surface area contributed by atoms with Crippen molar-refractivity contribution in [2.75, 3.05) is 19.6 Å². The second kappa shape index (κ2) is 8.94.